The van der Waals surface area contributed by atoms with Crippen LogP contribution < -0.4 is 0 Å². The average molecular weight is 371 g/mol. The molecule has 0 bridgehead atoms. The molecule has 0 aromatic rings. The van der Waals surface area contributed by atoms with Crippen LogP contribution in [0.15, 0.2) is 0 Å². The summed E-state index contributed by atoms with van der Waals surface area (Å²) in [6.45, 7) is 5.76. The van der Waals surface area contributed by atoms with Crippen LogP contribution in [0.4, 0.5) is 0 Å². The molecule has 0 aromatic carbocycles. The van der Waals surface area contributed by atoms with Crippen LogP contribution in [0.3, 0.4) is 0 Å². The van der Waals surface area contributed by atoms with E-state index in [4.69, 9.17) is 9.47 Å². The molecule has 0 heterocycles. The van der Waals surface area contributed by atoms with Crippen LogP contribution in [0.5, 0.6) is 0 Å². The van der Waals surface area contributed by atoms with Crippen LogP contribution in [0.1, 0.15) is 117 Å². The van der Waals surface area contributed by atoms with E-state index in [9.17, 15) is 9.59 Å². The molecule has 154 valence electrons. The maximum absolute atomic E-state index is 11.3. The summed E-state index contributed by atoms with van der Waals surface area (Å²) in [5, 5.41) is 0. The number of carbonyl (C=O) groups excluding carboxylic acids is 2. The van der Waals surface area contributed by atoms with E-state index in [1.165, 1.54) is 78.1 Å². The zero-order chi connectivity index (χ0) is 19.5. The summed E-state index contributed by atoms with van der Waals surface area (Å²) in [7, 11) is 0. The summed E-state index contributed by atoms with van der Waals surface area (Å²) >= 11 is 0. The third-order valence-corrected chi connectivity index (χ3v) is 4.69. The Kier molecular flexibility index (Phi) is 18.0. The molecule has 0 aromatic heterocycles. The van der Waals surface area contributed by atoms with Crippen LogP contribution in [0.25, 0.3) is 0 Å². The van der Waals surface area contributed by atoms with Gasteiger partial charge in [0.1, 0.15) is 6.10 Å². The van der Waals surface area contributed by atoms with Gasteiger partial charge in [-0.15, -0.1) is 0 Å². The Morgan fingerprint density at radius 2 is 1.12 bits per heavy atom. The monoisotopic (exact) mass is 370 g/mol. The van der Waals surface area contributed by atoms with Gasteiger partial charge < -0.3 is 9.47 Å². The van der Waals surface area contributed by atoms with E-state index in [0.29, 0.717) is 6.61 Å². The van der Waals surface area contributed by atoms with Gasteiger partial charge in [-0.05, 0) is 32.1 Å². The Hall–Kier alpha value is -1.06. The molecule has 0 aliphatic rings. The molecule has 1 atom stereocenters. The summed E-state index contributed by atoms with van der Waals surface area (Å²) in [6.07, 6.45) is 17.9. The quantitative estimate of drug-likeness (QED) is 0.208. The number of esters is 2. The third-order valence-electron chi connectivity index (χ3n) is 4.69. The van der Waals surface area contributed by atoms with Crippen LogP contribution >= 0.6 is 0 Å². The van der Waals surface area contributed by atoms with Crippen molar-refractivity contribution in [1.82, 2.24) is 0 Å². The van der Waals surface area contributed by atoms with Gasteiger partial charge in [-0.2, -0.15) is 0 Å². The molecule has 0 saturated heterocycles. The van der Waals surface area contributed by atoms with Crippen molar-refractivity contribution >= 4 is 11.9 Å². The lowest BCUT2D eigenvalue weighted by Crippen LogP contribution is -2.16. The maximum Gasteiger partial charge on any atom is 0.302 e. The van der Waals surface area contributed by atoms with Crippen molar-refractivity contribution in [3.05, 3.63) is 0 Å². The van der Waals surface area contributed by atoms with Gasteiger partial charge in [0.05, 0.1) is 6.61 Å². The molecule has 4 nitrogen and oxygen atoms in total. The summed E-state index contributed by atoms with van der Waals surface area (Å²) in [4.78, 5) is 21.9. The van der Waals surface area contributed by atoms with Crippen molar-refractivity contribution in [3.8, 4) is 0 Å². The number of hydrogen-bond donors (Lipinski definition) is 0. The van der Waals surface area contributed by atoms with Crippen LogP contribution in [0, 0.1) is 0 Å². The first-order valence-corrected chi connectivity index (χ1v) is 10.9. The lowest BCUT2D eigenvalue weighted by atomic mass is 10.0. The third kappa shape index (κ3) is 19.3. The minimum atomic E-state index is -0.187. The van der Waals surface area contributed by atoms with E-state index in [-0.39, 0.29) is 18.0 Å². The first-order chi connectivity index (χ1) is 12.6. The highest BCUT2D eigenvalue weighted by molar-refractivity contribution is 5.66. The van der Waals surface area contributed by atoms with E-state index >= 15 is 0 Å². The molecular weight excluding hydrogens is 328 g/mol. The van der Waals surface area contributed by atoms with E-state index < -0.39 is 0 Å². The molecule has 0 aliphatic carbocycles. The first kappa shape index (κ1) is 24.9. The Morgan fingerprint density at radius 1 is 0.654 bits per heavy atom. The number of unbranched alkanes of at least 4 members (excludes halogenated alkanes) is 11. The van der Waals surface area contributed by atoms with Gasteiger partial charge >= 0.3 is 11.9 Å². The van der Waals surface area contributed by atoms with Crippen molar-refractivity contribution in [1.29, 1.82) is 0 Å². The molecule has 0 fully saturated rings. The molecule has 0 N–H and O–H groups in total. The number of rotatable bonds is 18. The van der Waals surface area contributed by atoms with Gasteiger partial charge in [0.15, 0.2) is 0 Å². The lowest BCUT2D eigenvalue weighted by molar-refractivity contribution is -0.147. The zero-order valence-corrected chi connectivity index (χ0v) is 17.5. The zero-order valence-electron chi connectivity index (χ0n) is 17.5. The number of carbonyl (C=O) groups is 2. The topological polar surface area (TPSA) is 52.6 Å². The van der Waals surface area contributed by atoms with Gasteiger partial charge in [-0.1, -0.05) is 71.1 Å². The van der Waals surface area contributed by atoms with Crippen molar-refractivity contribution in [3.63, 3.8) is 0 Å². The van der Waals surface area contributed by atoms with Crippen molar-refractivity contribution < 1.29 is 19.1 Å². The second kappa shape index (κ2) is 18.7. The fourth-order valence-corrected chi connectivity index (χ4v) is 3.22. The van der Waals surface area contributed by atoms with E-state index in [2.05, 4.69) is 6.92 Å². The highest BCUT2D eigenvalue weighted by atomic mass is 16.5. The van der Waals surface area contributed by atoms with E-state index in [0.717, 1.165) is 32.1 Å². The second-order valence-electron chi connectivity index (χ2n) is 7.39. The van der Waals surface area contributed by atoms with Crippen molar-refractivity contribution in [2.75, 3.05) is 6.61 Å². The summed E-state index contributed by atoms with van der Waals surface area (Å²) in [6, 6.07) is 0. The number of ether oxygens (including phenoxy) is 2. The Labute approximate surface area is 161 Å². The smallest absolute Gasteiger partial charge is 0.302 e. The highest BCUT2D eigenvalue weighted by Crippen LogP contribution is 2.17. The molecule has 0 rings (SSSR count). The standard InChI is InChI=1S/C22H42O4/c1-4-5-6-7-11-14-17-22(26-21(3)24)18-15-12-9-8-10-13-16-19-25-20(2)23/h22H,4-19H2,1-3H3. The Morgan fingerprint density at radius 3 is 1.58 bits per heavy atom. The van der Waals surface area contributed by atoms with E-state index in [1.807, 2.05) is 0 Å². The normalized spacial score (nSPS) is 12.0. The molecule has 26 heavy (non-hydrogen) atoms. The lowest BCUT2D eigenvalue weighted by Gasteiger charge is -2.17. The fraction of sp³-hybridized carbons (Fsp3) is 0.909. The Balaban J connectivity index is 3.58. The van der Waals surface area contributed by atoms with Gasteiger partial charge in [0, 0.05) is 13.8 Å². The SMILES string of the molecule is CCCCCCCCC(CCCCCCCCCOC(C)=O)OC(C)=O. The molecule has 1 unspecified atom stereocenters. The van der Waals surface area contributed by atoms with Crippen LogP contribution in [-0.4, -0.2) is 24.6 Å². The Bertz CT molecular complexity index is 341. The summed E-state index contributed by atoms with van der Waals surface area (Å²) < 4.78 is 10.4. The van der Waals surface area contributed by atoms with Crippen LogP contribution in [-0.2, 0) is 19.1 Å². The van der Waals surface area contributed by atoms with Crippen molar-refractivity contribution in [2.24, 2.45) is 0 Å². The van der Waals surface area contributed by atoms with Crippen LogP contribution in [0.2, 0.25) is 0 Å². The highest BCUT2D eigenvalue weighted by Gasteiger charge is 2.11. The van der Waals surface area contributed by atoms with Gasteiger partial charge in [-0.3, -0.25) is 9.59 Å². The van der Waals surface area contributed by atoms with E-state index in [1.54, 1.807) is 0 Å². The van der Waals surface area contributed by atoms with Gasteiger partial charge in [0.25, 0.3) is 0 Å². The maximum atomic E-state index is 11.3. The largest absolute Gasteiger partial charge is 0.466 e. The molecule has 0 aliphatic heterocycles. The molecule has 0 saturated carbocycles. The molecular formula is C22H42O4. The molecule has 0 spiro atoms. The minimum Gasteiger partial charge on any atom is -0.466 e. The van der Waals surface area contributed by atoms with Gasteiger partial charge in [0.2, 0.25) is 0 Å². The second-order valence-corrected chi connectivity index (χ2v) is 7.39. The molecule has 0 amide bonds. The average Bonchev–Trinajstić information content (AvgIpc) is 2.58. The fourth-order valence-electron chi connectivity index (χ4n) is 3.22. The minimum absolute atomic E-state index is 0.113. The summed E-state index contributed by atoms with van der Waals surface area (Å²) in [5.74, 6) is -0.331. The van der Waals surface area contributed by atoms with Gasteiger partial charge in [-0.25, -0.2) is 0 Å². The van der Waals surface area contributed by atoms with Crippen molar-refractivity contribution in [2.45, 2.75) is 123 Å². The molecule has 4 heteroatoms. The number of hydrogen-bond acceptors (Lipinski definition) is 4. The predicted molar refractivity (Wildman–Crippen MR) is 107 cm³/mol. The first-order valence-electron chi connectivity index (χ1n) is 10.9. The molecule has 0 radical (unpaired) electrons. The predicted octanol–water partition coefficient (Wildman–Crippen LogP) is 6.35. The summed E-state index contributed by atoms with van der Waals surface area (Å²) in [5.41, 5.74) is 0.